The molecular formula is C15H17N3O2. The first kappa shape index (κ1) is 14.2. The average molecular weight is 271 g/mol. The fraction of sp³-hybridized carbons (Fsp3) is 0.400. The standard InChI is InChI=1S/C15H17N3O2/c1-2-12-15(20)17-14(19)10-18(12)13(8-9-16)11-6-4-3-5-7-11/h3-7,12-13H,2,8,10H2,1H3,(H,17,19,20). The first-order valence-electron chi connectivity index (χ1n) is 6.68. The number of rotatable bonds is 4. The first-order valence-corrected chi connectivity index (χ1v) is 6.68. The van der Waals surface area contributed by atoms with Gasteiger partial charge in [0.25, 0.3) is 0 Å². The maximum atomic E-state index is 11.9. The quantitative estimate of drug-likeness (QED) is 0.840. The molecule has 0 bridgehead atoms. The van der Waals surface area contributed by atoms with Gasteiger partial charge in [-0.05, 0) is 12.0 Å². The molecule has 5 nitrogen and oxygen atoms in total. The molecule has 1 aromatic carbocycles. The van der Waals surface area contributed by atoms with Gasteiger partial charge in [-0.3, -0.25) is 19.8 Å². The van der Waals surface area contributed by atoms with Crippen molar-refractivity contribution >= 4 is 11.8 Å². The molecule has 0 saturated carbocycles. The minimum atomic E-state index is -0.369. The molecule has 1 heterocycles. The lowest BCUT2D eigenvalue weighted by molar-refractivity contribution is -0.141. The number of carbonyl (C=O) groups excluding carboxylic acids is 2. The van der Waals surface area contributed by atoms with E-state index in [1.165, 1.54) is 0 Å². The molecule has 104 valence electrons. The highest BCUT2D eigenvalue weighted by molar-refractivity contribution is 6.01. The molecule has 0 radical (unpaired) electrons. The van der Waals surface area contributed by atoms with Gasteiger partial charge in [0.2, 0.25) is 11.8 Å². The Balaban J connectivity index is 2.34. The molecule has 2 amide bonds. The number of amides is 2. The van der Waals surface area contributed by atoms with Gasteiger partial charge in [0.1, 0.15) is 0 Å². The Hall–Kier alpha value is -2.19. The van der Waals surface area contributed by atoms with Gasteiger partial charge in [0, 0.05) is 6.04 Å². The first-order chi connectivity index (χ1) is 9.67. The van der Waals surface area contributed by atoms with Crippen molar-refractivity contribution in [3.8, 4) is 6.07 Å². The Labute approximate surface area is 118 Å². The number of imide groups is 1. The van der Waals surface area contributed by atoms with Crippen molar-refractivity contribution in [2.24, 2.45) is 0 Å². The van der Waals surface area contributed by atoms with Gasteiger partial charge in [-0.1, -0.05) is 37.3 Å². The fourth-order valence-electron chi connectivity index (χ4n) is 2.62. The minimum absolute atomic E-state index is 0.144. The van der Waals surface area contributed by atoms with Gasteiger partial charge in [-0.15, -0.1) is 0 Å². The van der Waals surface area contributed by atoms with Crippen molar-refractivity contribution in [3.05, 3.63) is 35.9 Å². The summed E-state index contributed by atoms with van der Waals surface area (Å²) in [6.45, 7) is 2.05. The second kappa shape index (κ2) is 6.31. The lowest BCUT2D eigenvalue weighted by atomic mass is 9.98. The van der Waals surface area contributed by atoms with Crippen molar-refractivity contribution in [2.75, 3.05) is 6.54 Å². The number of hydrogen-bond acceptors (Lipinski definition) is 4. The number of hydrogen-bond donors (Lipinski definition) is 1. The highest BCUT2D eigenvalue weighted by Gasteiger charge is 2.37. The largest absolute Gasteiger partial charge is 0.294 e. The summed E-state index contributed by atoms with van der Waals surface area (Å²) < 4.78 is 0. The number of piperazine rings is 1. The van der Waals surface area contributed by atoms with Crippen molar-refractivity contribution in [1.29, 1.82) is 5.26 Å². The van der Waals surface area contributed by atoms with E-state index in [0.717, 1.165) is 5.56 Å². The molecule has 0 spiro atoms. The zero-order valence-corrected chi connectivity index (χ0v) is 11.4. The Bertz CT molecular complexity index is 536. The van der Waals surface area contributed by atoms with Gasteiger partial charge >= 0.3 is 0 Å². The number of nitrogens with zero attached hydrogens (tertiary/aromatic N) is 2. The van der Waals surface area contributed by atoms with Gasteiger partial charge in [0.05, 0.1) is 25.1 Å². The van der Waals surface area contributed by atoms with E-state index < -0.39 is 0 Å². The molecule has 2 unspecified atom stereocenters. The van der Waals surface area contributed by atoms with Crippen LogP contribution in [0.2, 0.25) is 0 Å². The smallest absolute Gasteiger partial charge is 0.243 e. The third-order valence-corrected chi connectivity index (χ3v) is 3.55. The van der Waals surface area contributed by atoms with Crippen LogP contribution in [0.5, 0.6) is 0 Å². The Morgan fingerprint density at radius 2 is 2.10 bits per heavy atom. The number of carbonyl (C=O) groups is 2. The summed E-state index contributed by atoms with van der Waals surface area (Å²) in [6.07, 6.45) is 0.856. The van der Waals surface area contributed by atoms with Gasteiger partial charge in [-0.2, -0.15) is 5.26 Å². The second-order valence-corrected chi connectivity index (χ2v) is 4.80. The third kappa shape index (κ3) is 2.86. The molecule has 1 N–H and O–H groups in total. The van der Waals surface area contributed by atoms with E-state index in [9.17, 15) is 9.59 Å². The highest BCUT2D eigenvalue weighted by Crippen LogP contribution is 2.28. The molecule has 1 aromatic rings. The zero-order valence-electron chi connectivity index (χ0n) is 11.4. The maximum Gasteiger partial charge on any atom is 0.243 e. The molecule has 2 rings (SSSR count). The van der Waals surface area contributed by atoms with Crippen LogP contribution in [-0.4, -0.2) is 29.3 Å². The van der Waals surface area contributed by atoms with E-state index >= 15 is 0 Å². The van der Waals surface area contributed by atoms with Gasteiger partial charge in [0.15, 0.2) is 0 Å². The number of nitrogens with one attached hydrogen (secondary N) is 1. The van der Waals surface area contributed by atoms with Crippen LogP contribution in [0.1, 0.15) is 31.4 Å². The molecular weight excluding hydrogens is 254 g/mol. The van der Waals surface area contributed by atoms with Crippen LogP contribution in [0.4, 0.5) is 0 Å². The van der Waals surface area contributed by atoms with Crippen molar-refractivity contribution < 1.29 is 9.59 Å². The molecule has 1 aliphatic rings. The van der Waals surface area contributed by atoms with Crippen LogP contribution >= 0.6 is 0 Å². The van der Waals surface area contributed by atoms with Crippen molar-refractivity contribution in [1.82, 2.24) is 10.2 Å². The third-order valence-electron chi connectivity index (χ3n) is 3.55. The molecule has 5 heteroatoms. The summed E-state index contributed by atoms with van der Waals surface area (Å²) in [5, 5.41) is 11.4. The summed E-state index contributed by atoms with van der Waals surface area (Å²) >= 11 is 0. The molecule has 0 aliphatic carbocycles. The summed E-state index contributed by atoms with van der Waals surface area (Å²) in [6, 6.07) is 11.1. The van der Waals surface area contributed by atoms with E-state index in [-0.39, 0.29) is 36.9 Å². The second-order valence-electron chi connectivity index (χ2n) is 4.80. The molecule has 20 heavy (non-hydrogen) atoms. The van der Waals surface area contributed by atoms with Crippen LogP contribution in [0.15, 0.2) is 30.3 Å². The SMILES string of the molecule is CCC1C(=O)NC(=O)CN1C(CC#N)c1ccccc1. The van der Waals surface area contributed by atoms with Gasteiger partial charge in [-0.25, -0.2) is 0 Å². The monoisotopic (exact) mass is 271 g/mol. The Morgan fingerprint density at radius 3 is 2.70 bits per heavy atom. The van der Waals surface area contributed by atoms with Crippen LogP contribution in [0.25, 0.3) is 0 Å². The van der Waals surface area contributed by atoms with Crippen LogP contribution in [0.3, 0.4) is 0 Å². The van der Waals surface area contributed by atoms with E-state index in [1.807, 2.05) is 42.2 Å². The maximum absolute atomic E-state index is 11.9. The number of nitriles is 1. The van der Waals surface area contributed by atoms with E-state index in [0.29, 0.717) is 6.42 Å². The predicted octanol–water partition coefficient (Wildman–Crippen LogP) is 1.38. The van der Waals surface area contributed by atoms with Crippen molar-refractivity contribution in [3.63, 3.8) is 0 Å². The van der Waals surface area contributed by atoms with E-state index in [2.05, 4.69) is 11.4 Å². The lowest BCUT2D eigenvalue weighted by Crippen LogP contribution is -2.58. The van der Waals surface area contributed by atoms with Crippen LogP contribution in [0, 0.1) is 11.3 Å². The van der Waals surface area contributed by atoms with E-state index in [4.69, 9.17) is 5.26 Å². The minimum Gasteiger partial charge on any atom is -0.294 e. The average Bonchev–Trinajstić information content (AvgIpc) is 2.45. The Morgan fingerprint density at radius 1 is 1.40 bits per heavy atom. The predicted molar refractivity (Wildman–Crippen MR) is 73.3 cm³/mol. The summed E-state index contributed by atoms with van der Waals surface area (Å²) in [4.78, 5) is 25.4. The normalized spacial score (nSPS) is 21.1. The fourth-order valence-corrected chi connectivity index (χ4v) is 2.62. The number of benzene rings is 1. The molecule has 2 atom stereocenters. The van der Waals surface area contributed by atoms with Crippen molar-refractivity contribution in [2.45, 2.75) is 31.8 Å². The van der Waals surface area contributed by atoms with Crippen LogP contribution < -0.4 is 5.32 Å². The van der Waals surface area contributed by atoms with E-state index in [1.54, 1.807) is 0 Å². The van der Waals surface area contributed by atoms with Crippen LogP contribution in [-0.2, 0) is 9.59 Å². The Kier molecular flexibility index (Phi) is 4.49. The topological polar surface area (TPSA) is 73.2 Å². The molecule has 0 aromatic heterocycles. The lowest BCUT2D eigenvalue weighted by Gasteiger charge is -2.38. The summed E-state index contributed by atoms with van der Waals surface area (Å²) in [5.41, 5.74) is 0.954. The summed E-state index contributed by atoms with van der Waals surface area (Å²) in [7, 11) is 0. The zero-order chi connectivity index (χ0) is 14.5. The highest BCUT2D eigenvalue weighted by atomic mass is 16.2. The van der Waals surface area contributed by atoms with Gasteiger partial charge < -0.3 is 0 Å². The summed E-state index contributed by atoms with van der Waals surface area (Å²) in [5.74, 6) is -0.582. The molecule has 1 fully saturated rings. The molecule has 1 aliphatic heterocycles. The molecule has 1 saturated heterocycles.